The van der Waals surface area contributed by atoms with Gasteiger partial charge in [-0.1, -0.05) is 41.4 Å². The first-order valence-electron chi connectivity index (χ1n) is 5.48. The van der Waals surface area contributed by atoms with E-state index in [2.05, 4.69) is 15.9 Å². The van der Waals surface area contributed by atoms with Gasteiger partial charge in [-0.05, 0) is 40.0 Å². The van der Waals surface area contributed by atoms with Crippen LogP contribution < -0.4 is 5.73 Å². The zero-order chi connectivity index (χ0) is 13.3. The molecule has 0 saturated carbocycles. The van der Waals surface area contributed by atoms with Gasteiger partial charge in [-0.2, -0.15) is 0 Å². The SMILES string of the molecule is Cc1ccc(CN)c(-c2ccc(Br)c(Cl)c2F)c1. The lowest BCUT2D eigenvalue weighted by molar-refractivity contribution is 0.630. The van der Waals surface area contributed by atoms with E-state index in [9.17, 15) is 4.39 Å². The maximum atomic E-state index is 14.2. The molecule has 2 N–H and O–H groups in total. The van der Waals surface area contributed by atoms with Crippen molar-refractivity contribution in [1.29, 1.82) is 0 Å². The van der Waals surface area contributed by atoms with Gasteiger partial charge < -0.3 is 5.73 Å². The molecule has 0 aliphatic heterocycles. The largest absolute Gasteiger partial charge is 0.326 e. The van der Waals surface area contributed by atoms with E-state index in [0.29, 0.717) is 16.6 Å². The summed E-state index contributed by atoms with van der Waals surface area (Å²) >= 11 is 9.12. The number of hydrogen-bond acceptors (Lipinski definition) is 1. The van der Waals surface area contributed by atoms with Crippen molar-refractivity contribution >= 4 is 27.5 Å². The first kappa shape index (κ1) is 13.5. The summed E-state index contributed by atoms with van der Waals surface area (Å²) in [6.07, 6.45) is 0. The Morgan fingerprint density at radius 3 is 2.61 bits per heavy atom. The van der Waals surface area contributed by atoms with Crippen molar-refractivity contribution in [2.75, 3.05) is 0 Å². The van der Waals surface area contributed by atoms with Crippen LogP contribution in [0.5, 0.6) is 0 Å². The normalized spacial score (nSPS) is 10.7. The van der Waals surface area contributed by atoms with E-state index in [0.717, 1.165) is 16.7 Å². The Labute approximate surface area is 119 Å². The predicted molar refractivity (Wildman–Crippen MR) is 77.2 cm³/mol. The Balaban J connectivity index is 2.69. The summed E-state index contributed by atoms with van der Waals surface area (Å²) in [5.41, 5.74) is 8.92. The number of benzene rings is 2. The maximum absolute atomic E-state index is 14.2. The highest BCUT2D eigenvalue weighted by atomic mass is 79.9. The molecule has 4 heteroatoms. The minimum Gasteiger partial charge on any atom is -0.326 e. The number of halogens is 3. The summed E-state index contributed by atoms with van der Waals surface area (Å²) in [6, 6.07) is 9.25. The van der Waals surface area contributed by atoms with E-state index in [1.165, 1.54) is 0 Å². The Kier molecular flexibility index (Phi) is 4.05. The Bertz CT molecular complexity index is 599. The molecule has 0 amide bonds. The lowest BCUT2D eigenvalue weighted by Gasteiger charge is -2.11. The third-order valence-corrected chi connectivity index (χ3v) is 4.07. The van der Waals surface area contributed by atoms with Gasteiger partial charge >= 0.3 is 0 Å². The standard InChI is InChI=1S/C14H12BrClFN/c1-8-2-3-9(7-18)11(6-8)10-4-5-12(15)13(16)14(10)17/h2-6H,7,18H2,1H3. The third kappa shape index (κ3) is 2.44. The van der Waals surface area contributed by atoms with Crippen LogP contribution in [-0.2, 0) is 6.54 Å². The highest BCUT2D eigenvalue weighted by molar-refractivity contribution is 9.10. The first-order chi connectivity index (χ1) is 8.54. The molecule has 2 rings (SSSR count). The van der Waals surface area contributed by atoms with Crippen molar-refractivity contribution in [2.24, 2.45) is 5.73 Å². The molecule has 0 unspecified atom stereocenters. The second kappa shape index (κ2) is 5.39. The van der Waals surface area contributed by atoms with E-state index in [1.54, 1.807) is 12.1 Å². The van der Waals surface area contributed by atoms with Crippen molar-refractivity contribution in [1.82, 2.24) is 0 Å². The fourth-order valence-electron chi connectivity index (χ4n) is 1.85. The zero-order valence-corrected chi connectivity index (χ0v) is 12.1. The Morgan fingerprint density at radius 2 is 1.94 bits per heavy atom. The number of rotatable bonds is 2. The molecule has 0 heterocycles. The van der Waals surface area contributed by atoms with E-state index >= 15 is 0 Å². The van der Waals surface area contributed by atoms with Crippen molar-refractivity contribution < 1.29 is 4.39 Å². The molecule has 94 valence electrons. The molecular weight excluding hydrogens is 317 g/mol. The van der Waals surface area contributed by atoms with Crippen LogP contribution in [0.15, 0.2) is 34.8 Å². The monoisotopic (exact) mass is 327 g/mol. The van der Waals surface area contributed by atoms with Gasteiger partial charge in [0.05, 0.1) is 5.02 Å². The van der Waals surface area contributed by atoms with E-state index < -0.39 is 5.82 Å². The molecule has 0 fully saturated rings. The molecule has 18 heavy (non-hydrogen) atoms. The van der Waals surface area contributed by atoms with Gasteiger partial charge in [-0.25, -0.2) is 4.39 Å². The highest BCUT2D eigenvalue weighted by Crippen LogP contribution is 2.34. The van der Waals surface area contributed by atoms with Crippen LogP contribution in [0.3, 0.4) is 0 Å². The molecule has 2 aromatic carbocycles. The highest BCUT2D eigenvalue weighted by Gasteiger charge is 2.14. The van der Waals surface area contributed by atoms with Crippen LogP contribution in [0.4, 0.5) is 4.39 Å². The van der Waals surface area contributed by atoms with Crippen LogP contribution in [0.1, 0.15) is 11.1 Å². The maximum Gasteiger partial charge on any atom is 0.150 e. The van der Waals surface area contributed by atoms with Crippen LogP contribution in [0.25, 0.3) is 11.1 Å². The summed E-state index contributed by atoms with van der Waals surface area (Å²) in [4.78, 5) is 0. The minimum atomic E-state index is -0.425. The van der Waals surface area contributed by atoms with Gasteiger partial charge in [0.2, 0.25) is 0 Å². The quantitative estimate of drug-likeness (QED) is 0.796. The average Bonchev–Trinajstić information content (AvgIpc) is 2.36. The van der Waals surface area contributed by atoms with Gasteiger partial charge in [0, 0.05) is 16.6 Å². The molecule has 1 nitrogen and oxygen atoms in total. The second-order valence-corrected chi connectivity index (χ2v) is 5.32. The fraction of sp³-hybridized carbons (Fsp3) is 0.143. The summed E-state index contributed by atoms with van der Waals surface area (Å²) in [7, 11) is 0. The molecule has 0 aromatic heterocycles. The van der Waals surface area contributed by atoms with Crippen LogP contribution in [0, 0.1) is 12.7 Å². The van der Waals surface area contributed by atoms with Crippen LogP contribution in [0.2, 0.25) is 5.02 Å². The Morgan fingerprint density at radius 1 is 1.22 bits per heavy atom. The Hall–Kier alpha value is -0.900. The molecule has 0 saturated heterocycles. The van der Waals surface area contributed by atoms with E-state index in [-0.39, 0.29) is 5.02 Å². The molecule has 0 radical (unpaired) electrons. The summed E-state index contributed by atoms with van der Waals surface area (Å²) in [5, 5.41) is 0.0944. The van der Waals surface area contributed by atoms with Crippen LogP contribution >= 0.6 is 27.5 Å². The molecule has 0 bridgehead atoms. The molecule has 2 aromatic rings. The number of hydrogen-bond donors (Lipinski definition) is 1. The lowest BCUT2D eigenvalue weighted by atomic mass is 9.97. The van der Waals surface area contributed by atoms with Crippen molar-refractivity contribution in [3.05, 3.63) is 56.8 Å². The number of nitrogens with two attached hydrogens (primary N) is 1. The molecular formula is C14H12BrClFN. The van der Waals surface area contributed by atoms with Gasteiger partial charge in [0.25, 0.3) is 0 Å². The topological polar surface area (TPSA) is 26.0 Å². The average molecular weight is 329 g/mol. The summed E-state index contributed by atoms with van der Waals surface area (Å²) in [5.74, 6) is -0.425. The lowest BCUT2D eigenvalue weighted by Crippen LogP contribution is -2.00. The first-order valence-corrected chi connectivity index (χ1v) is 6.65. The molecule has 0 aliphatic carbocycles. The summed E-state index contributed by atoms with van der Waals surface area (Å²) in [6.45, 7) is 2.32. The molecule has 0 spiro atoms. The second-order valence-electron chi connectivity index (χ2n) is 4.09. The predicted octanol–water partition coefficient (Wildman–Crippen LogP) is 4.68. The minimum absolute atomic E-state index is 0.0944. The summed E-state index contributed by atoms with van der Waals surface area (Å²) < 4.78 is 14.7. The van der Waals surface area contributed by atoms with Crippen molar-refractivity contribution in [3.8, 4) is 11.1 Å². The van der Waals surface area contributed by atoms with E-state index in [4.69, 9.17) is 17.3 Å². The van der Waals surface area contributed by atoms with Crippen LogP contribution in [-0.4, -0.2) is 0 Å². The smallest absolute Gasteiger partial charge is 0.150 e. The van der Waals surface area contributed by atoms with Gasteiger partial charge in [0.1, 0.15) is 0 Å². The number of aryl methyl sites for hydroxylation is 1. The molecule has 0 atom stereocenters. The van der Waals surface area contributed by atoms with Crippen molar-refractivity contribution in [3.63, 3.8) is 0 Å². The van der Waals surface area contributed by atoms with Gasteiger partial charge in [-0.3, -0.25) is 0 Å². The van der Waals surface area contributed by atoms with E-state index in [1.807, 2.05) is 25.1 Å². The van der Waals surface area contributed by atoms with Crippen molar-refractivity contribution in [2.45, 2.75) is 13.5 Å². The van der Waals surface area contributed by atoms with Gasteiger partial charge in [0.15, 0.2) is 5.82 Å². The zero-order valence-electron chi connectivity index (χ0n) is 9.81. The fourth-order valence-corrected chi connectivity index (χ4v) is 2.32. The third-order valence-electron chi connectivity index (χ3n) is 2.81. The molecule has 0 aliphatic rings. The van der Waals surface area contributed by atoms with Gasteiger partial charge in [-0.15, -0.1) is 0 Å².